The van der Waals surface area contributed by atoms with Crippen molar-refractivity contribution >= 4 is 40.4 Å². The molecule has 0 spiro atoms. The van der Waals surface area contributed by atoms with Gasteiger partial charge in [0.25, 0.3) is 0 Å². The number of carbonyl (C=O) groups excluding carboxylic acids is 1. The van der Waals surface area contributed by atoms with Gasteiger partial charge in [-0.25, -0.2) is 4.79 Å². The highest BCUT2D eigenvalue weighted by molar-refractivity contribution is 6.31. The number of halogens is 1. The first-order valence-electron chi connectivity index (χ1n) is 8.87. The quantitative estimate of drug-likeness (QED) is 0.659. The van der Waals surface area contributed by atoms with Crippen LogP contribution < -0.4 is 16.0 Å². The molecule has 1 heterocycles. The van der Waals surface area contributed by atoms with Gasteiger partial charge in [0.15, 0.2) is 0 Å². The summed E-state index contributed by atoms with van der Waals surface area (Å²) in [5, 5.41) is 9.49. The molecule has 3 N–H and O–H groups in total. The van der Waals surface area contributed by atoms with Crippen LogP contribution in [0.1, 0.15) is 31.4 Å². The Hall–Kier alpha value is -2.79. The van der Waals surface area contributed by atoms with Crippen LogP contribution >= 0.6 is 11.6 Å². The van der Waals surface area contributed by atoms with Crippen LogP contribution in [0.3, 0.4) is 0 Å². The van der Waals surface area contributed by atoms with E-state index in [4.69, 9.17) is 11.6 Å². The van der Waals surface area contributed by atoms with E-state index in [2.05, 4.69) is 34.8 Å². The number of urea groups is 1. The molecule has 5 nitrogen and oxygen atoms in total. The number of nitrogens with one attached hydrogen (secondary N) is 3. The van der Waals surface area contributed by atoms with E-state index in [0.717, 1.165) is 34.6 Å². The average Bonchev–Trinajstić information content (AvgIpc) is 3.06. The molecule has 0 radical (unpaired) electrons. The molecule has 0 bridgehead atoms. The third-order valence-electron chi connectivity index (χ3n) is 4.11. The van der Waals surface area contributed by atoms with Crippen LogP contribution in [0.25, 0.3) is 5.57 Å². The molecule has 0 unspecified atom stereocenters. The second kappa shape index (κ2) is 8.27. The number of nitrogens with zero attached hydrogens (tertiary/aromatic N) is 1. The van der Waals surface area contributed by atoms with E-state index < -0.39 is 0 Å². The summed E-state index contributed by atoms with van der Waals surface area (Å²) in [6, 6.07) is 13.1. The van der Waals surface area contributed by atoms with Crippen LogP contribution in [-0.2, 0) is 0 Å². The van der Waals surface area contributed by atoms with Crippen LogP contribution in [0.15, 0.2) is 53.7 Å². The summed E-state index contributed by atoms with van der Waals surface area (Å²) in [5.41, 5.74) is 4.53. The van der Waals surface area contributed by atoms with Gasteiger partial charge in [-0.2, -0.15) is 0 Å². The van der Waals surface area contributed by atoms with Gasteiger partial charge in [0.1, 0.15) is 5.84 Å². The zero-order chi connectivity index (χ0) is 19.4. The molecule has 6 heteroatoms. The first-order chi connectivity index (χ1) is 12.9. The number of anilines is 2. The predicted octanol–water partition coefficient (Wildman–Crippen LogP) is 5.43. The second-order valence-electron chi connectivity index (χ2n) is 6.78. The Bertz CT molecular complexity index is 918. The predicted molar refractivity (Wildman–Crippen MR) is 114 cm³/mol. The fraction of sp³-hybridized carbons (Fsp3) is 0.238. The summed E-state index contributed by atoms with van der Waals surface area (Å²) in [6.45, 7) is 6.02. The molecule has 0 atom stereocenters. The molecule has 140 valence electrons. The SMILES string of the molecule is Cc1ccc(NC(=O)Nc2cccc(C3=CNC(=NC(C)C)C3)c2)cc1Cl. The smallest absolute Gasteiger partial charge is 0.323 e. The highest BCUT2D eigenvalue weighted by atomic mass is 35.5. The molecule has 0 saturated heterocycles. The number of aryl methyl sites for hydroxylation is 1. The van der Waals surface area contributed by atoms with Crippen LogP contribution in [0.2, 0.25) is 5.02 Å². The molecule has 0 fully saturated rings. The molecule has 2 amide bonds. The summed E-state index contributed by atoms with van der Waals surface area (Å²) in [7, 11) is 0. The minimum absolute atomic E-state index is 0.257. The van der Waals surface area contributed by atoms with Gasteiger partial charge in [0.2, 0.25) is 0 Å². The van der Waals surface area contributed by atoms with Crippen LogP contribution in [-0.4, -0.2) is 17.9 Å². The average molecular weight is 383 g/mol. The number of hydrogen-bond donors (Lipinski definition) is 3. The van der Waals surface area contributed by atoms with Crippen molar-refractivity contribution in [3.63, 3.8) is 0 Å². The Balaban J connectivity index is 1.65. The van der Waals surface area contributed by atoms with Crippen molar-refractivity contribution in [2.75, 3.05) is 10.6 Å². The molecule has 2 aromatic rings. The van der Waals surface area contributed by atoms with Gasteiger partial charge in [0.05, 0.1) is 0 Å². The molecule has 1 aliphatic rings. The Morgan fingerprint density at radius 3 is 2.59 bits per heavy atom. The van der Waals surface area contributed by atoms with Crippen molar-refractivity contribution in [2.45, 2.75) is 33.2 Å². The van der Waals surface area contributed by atoms with Gasteiger partial charge in [-0.05, 0) is 61.7 Å². The van der Waals surface area contributed by atoms with Crippen LogP contribution in [0, 0.1) is 6.92 Å². The van der Waals surface area contributed by atoms with Gasteiger partial charge >= 0.3 is 6.03 Å². The number of amides is 2. The lowest BCUT2D eigenvalue weighted by atomic mass is 10.0. The molecular formula is C21H23ClN4O. The molecule has 0 saturated carbocycles. The van der Waals surface area contributed by atoms with Crippen molar-refractivity contribution in [2.24, 2.45) is 4.99 Å². The largest absolute Gasteiger partial charge is 0.350 e. The Labute approximate surface area is 164 Å². The summed E-state index contributed by atoms with van der Waals surface area (Å²) in [6.07, 6.45) is 2.73. The third kappa shape index (κ3) is 5.11. The van der Waals surface area contributed by atoms with Gasteiger partial charge in [-0.3, -0.25) is 4.99 Å². The minimum Gasteiger partial charge on any atom is -0.350 e. The number of amidine groups is 1. The Morgan fingerprint density at radius 1 is 1.15 bits per heavy atom. The Kier molecular flexibility index (Phi) is 5.81. The summed E-state index contributed by atoms with van der Waals surface area (Å²) >= 11 is 6.10. The first kappa shape index (κ1) is 19.0. The van der Waals surface area contributed by atoms with Gasteiger partial charge < -0.3 is 16.0 Å². The highest BCUT2D eigenvalue weighted by Crippen LogP contribution is 2.25. The van der Waals surface area contributed by atoms with E-state index in [1.54, 1.807) is 6.07 Å². The van der Waals surface area contributed by atoms with E-state index in [9.17, 15) is 4.79 Å². The van der Waals surface area contributed by atoms with Gasteiger partial charge in [-0.15, -0.1) is 0 Å². The van der Waals surface area contributed by atoms with Crippen LogP contribution in [0.4, 0.5) is 16.2 Å². The molecular weight excluding hydrogens is 360 g/mol. The fourth-order valence-electron chi connectivity index (χ4n) is 2.79. The third-order valence-corrected chi connectivity index (χ3v) is 4.51. The number of rotatable bonds is 4. The molecule has 0 aromatic heterocycles. The molecule has 2 aromatic carbocycles. The number of carbonyl (C=O) groups is 1. The zero-order valence-electron chi connectivity index (χ0n) is 15.6. The molecule has 0 aliphatic carbocycles. The van der Waals surface area contributed by atoms with E-state index in [1.807, 2.05) is 49.5 Å². The van der Waals surface area contributed by atoms with E-state index in [1.165, 1.54) is 0 Å². The lowest BCUT2D eigenvalue weighted by Gasteiger charge is -2.10. The van der Waals surface area contributed by atoms with E-state index in [-0.39, 0.29) is 12.1 Å². The normalized spacial score (nSPS) is 14.9. The monoisotopic (exact) mass is 382 g/mol. The maximum atomic E-state index is 12.3. The first-order valence-corrected chi connectivity index (χ1v) is 9.25. The lowest BCUT2D eigenvalue weighted by molar-refractivity contribution is 0.262. The maximum absolute atomic E-state index is 12.3. The van der Waals surface area contributed by atoms with Crippen molar-refractivity contribution in [3.05, 3.63) is 64.8 Å². The number of aliphatic imine (C=N–C) groups is 1. The minimum atomic E-state index is -0.312. The van der Waals surface area contributed by atoms with Crippen molar-refractivity contribution < 1.29 is 4.79 Å². The van der Waals surface area contributed by atoms with E-state index >= 15 is 0 Å². The number of hydrogen-bond acceptors (Lipinski definition) is 2. The summed E-state index contributed by atoms with van der Waals surface area (Å²) < 4.78 is 0. The van der Waals surface area contributed by atoms with Crippen molar-refractivity contribution in [1.82, 2.24) is 5.32 Å². The lowest BCUT2D eigenvalue weighted by Crippen LogP contribution is -2.19. The molecule has 3 rings (SSSR count). The standard InChI is InChI=1S/C21H23ClN4O/c1-13(2)24-20-10-16(12-23-20)15-5-4-6-17(9-15)25-21(27)26-18-8-7-14(3)19(22)11-18/h4-9,11-13H,10H2,1-3H3,(H,23,24)(H2,25,26,27). The van der Waals surface area contributed by atoms with Gasteiger partial charge in [-0.1, -0.05) is 29.8 Å². The topological polar surface area (TPSA) is 65.5 Å². The van der Waals surface area contributed by atoms with Crippen LogP contribution in [0.5, 0.6) is 0 Å². The number of benzene rings is 2. The van der Waals surface area contributed by atoms with E-state index in [0.29, 0.717) is 10.7 Å². The fourth-order valence-corrected chi connectivity index (χ4v) is 2.97. The molecule has 27 heavy (non-hydrogen) atoms. The maximum Gasteiger partial charge on any atom is 0.323 e. The highest BCUT2D eigenvalue weighted by Gasteiger charge is 2.14. The van der Waals surface area contributed by atoms with Crippen molar-refractivity contribution in [3.8, 4) is 0 Å². The zero-order valence-corrected chi connectivity index (χ0v) is 16.4. The summed E-state index contributed by atoms with van der Waals surface area (Å²) in [5.74, 6) is 0.965. The Morgan fingerprint density at radius 2 is 1.89 bits per heavy atom. The van der Waals surface area contributed by atoms with Gasteiger partial charge in [0, 0.05) is 35.1 Å². The second-order valence-corrected chi connectivity index (χ2v) is 7.19. The molecule has 1 aliphatic heterocycles. The van der Waals surface area contributed by atoms with Crippen molar-refractivity contribution in [1.29, 1.82) is 0 Å². The summed E-state index contributed by atoms with van der Waals surface area (Å²) in [4.78, 5) is 16.8.